The SMILES string of the molecule is COCC(=O)Nc1ccc(C(=O)Nc2cc(NC(=O)C3C(c4ccc(F)c(C(F)(F)F)c4)C3(Cl)Cl)ccc2Cl)c(C)c1F. The fraction of sp³-hybridized carbons (Fsp3) is 0.250. The van der Waals surface area contributed by atoms with Gasteiger partial charge in [-0.1, -0.05) is 17.7 Å². The van der Waals surface area contributed by atoms with Gasteiger partial charge in [-0.15, -0.1) is 23.2 Å². The summed E-state index contributed by atoms with van der Waals surface area (Å²) in [4.78, 5) is 37.7. The molecule has 43 heavy (non-hydrogen) atoms. The molecular weight excluding hydrogens is 644 g/mol. The van der Waals surface area contributed by atoms with E-state index in [1.165, 1.54) is 44.4 Å². The maximum absolute atomic E-state index is 14.8. The van der Waals surface area contributed by atoms with Gasteiger partial charge < -0.3 is 20.7 Å². The Labute approximate surface area is 256 Å². The van der Waals surface area contributed by atoms with Gasteiger partial charge in [0.2, 0.25) is 11.8 Å². The third-order valence-corrected chi connectivity index (χ3v) is 7.92. The number of nitrogens with one attached hydrogen (secondary N) is 3. The molecule has 3 N–H and O–H groups in total. The number of amides is 3. The smallest absolute Gasteiger partial charge is 0.375 e. The fourth-order valence-electron chi connectivity index (χ4n) is 4.47. The van der Waals surface area contributed by atoms with Crippen molar-refractivity contribution in [2.75, 3.05) is 29.7 Å². The molecule has 0 bridgehead atoms. The zero-order chi connectivity index (χ0) is 31.9. The van der Waals surface area contributed by atoms with Crippen molar-refractivity contribution in [1.29, 1.82) is 0 Å². The number of hydrogen-bond acceptors (Lipinski definition) is 4. The Balaban J connectivity index is 1.49. The average Bonchev–Trinajstić information content (AvgIpc) is 3.50. The lowest BCUT2D eigenvalue weighted by atomic mass is 10.0. The lowest BCUT2D eigenvalue weighted by Crippen LogP contribution is -2.20. The first kappa shape index (κ1) is 32.5. The minimum atomic E-state index is -4.97. The van der Waals surface area contributed by atoms with Crippen LogP contribution in [-0.4, -0.2) is 35.8 Å². The van der Waals surface area contributed by atoms with E-state index in [0.717, 1.165) is 6.07 Å². The van der Waals surface area contributed by atoms with E-state index in [-0.39, 0.29) is 45.4 Å². The number of halogens is 8. The molecule has 3 amide bonds. The van der Waals surface area contributed by atoms with E-state index in [1.807, 2.05) is 0 Å². The van der Waals surface area contributed by atoms with Crippen LogP contribution in [0.4, 0.5) is 39.0 Å². The van der Waals surface area contributed by atoms with Gasteiger partial charge in [0.1, 0.15) is 22.6 Å². The van der Waals surface area contributed by atoms with Gasteiger partial charge in [0, 0.05) is 24.3 Å². The van der Waals surface area contributed by atoms with E-state index in [9.17, 15) is 36.3 Å². The van der Waals surface area contributed by atoms with Gasteiger partial charge in [-0.3, -0.25) is 14.4 Å². The molecular formula is C28H21Cl3F5N3O4. The summed E-state index contributed by atoms with van der Waals surface area (Å²) >= 11 is 18.7. The van der Waals surface area contributed by atoms with E-state index in [1.54, 1.807) is 0 Å². The zero-order valence-electron chi connectivity index (χ0n) is 22.1. The molecule has 1 aliphatic rings. The summed E-state index contributed by atoms with van der Waals surface area (Å²) < 4.78 is 71.1. The molecule has 15 heteroatoms. The molecule has 0 heterocycles. The van der Waals surface area contributed by atoms with Crippen molar-refractivity contribution in [2.45, 2.75) is 23.4 Å². The molecule has 0 aromatic heterocycles. The van der Waals surface area contributed by atoms with E-state index in [2.05, 4.69) is 16.0 Å². The highest BCUT2D eigenvalue weighted by atomic mass is 35.5. The summed E-state index contributed by atoms with van der Waals surface area (Å²) in [6.07, 6.45) is -4.97. The lowest BCUT2D eigenvalue weighted by Gasteiger charge is -2.14. The highest BCUT2D eigenvalue weighted by Crippen LogP contribution is 2.65. The minimum absolute atomic E-state index is 0.0328. The third kappa shape index (κ3) is 6.87. The van der Waals surface area contributed by atoms with E-state index in [0.29, 0.717) is 12.1 Å². The number of rotatable bonds is 8. The van der Waals surface area contributed by atoms with Crippen LogP contribution >= 0.6 is 34.8 Å². The number of hydrogen-bond donors (Lipinski definition) is 3. The quantitative estimate of drug-likeness (QED) is 0.174. The Morgan fingerprint density at radius 1 is 0.953 bits per heavy atom. The summed E-state index contributed by atoms with van der Waals surface area (Å²) in [5, 5.41) is 7.44. The van der Waals surface area contributed by atoms with E-state index >= 15 is 0 Å². The monoisotopic (exact) mass is 663 g/mol. The van der Waals surface area contributed by atoms with Crippen LogP contribution in [0.3, 0.4) is 0 Å². The molecule has 7 nitrogen and oxygen atoms in total. The maximum Gasteiger partial charge on any atom is 0.419 e. The first-order chi connectivity index (χ1) is 20.1. The van der Waals surface area contributed by atoms with Gasteiger partial charge in [0.05, 0.1) is 27.9 Å². The first-order valence-corrected chi connectivity index (χ1v) is 13.4. The van der Waals surface area contributed by atoms with Crippen molar-refractivity contribution >= 4 is 69.6 Å². The second-order valence-electron chi connectivity index (χ2n) is 9.59. The number of anilines is 3. The normalized spacial score (nSPS) is 17.3. The Morgan fingerprint density at radius 2 is 1.65 bits per heavy atom. The number of alkyl halides is 5. The Morgan fingerprint density at radius 3 is 2.30 bits per heavy atom. The molecule has 1 saturated carbocycles. The van der Waals surface area contributed by atoms with Gasteiger partial charge in [-0.05, 0) is 60.5 Å². The van der Waals surface area contributed by atoms with Crippen LogP contribution in [0, 0.1) is 24.5 Å². The lowest BCUT2D eigenvalue weighted by molar-refractivity contribution is -0.140. The Hall–Kier alpha value is -3.45. The van der Waals surface area contributed by atoms with Crippen molar-refractivity contribution in [1.82, 2.24) is 0 Å². The van der Waals surface area contributed by atoms with Crippen molar-refractivity contribution < 1.29 is 41.1 Å². The Bertz CT molecular complexity index is 1620. The highest BCUT2D eigenvalue weighted by molar-refractivity contribution is 6.53. The van der Waals surface area contributed by atoms with Gasteiger partial charge in [-0.2, -0.15) is 13.2 Å². The van der Waals surface area contributed by atoms with Crippen molar-refractivity contribution in [3.63, 3.8) is 0 Å². The molecule has 0 aliphatic heterocycles. The molecule has 4 rings (SSSR count). The zero-order valence-corrected chi connectivity index (χ0v) is 24.4. The number of ether oxygens (including phenoxy) is 1. The average molecular weight is 665 g/mol. The predicted octanol–water partition coefficient (Wildman–Crippen LogP) is 7.31. The van der Waals surface area contributed by atoms with Gasteiger partial charge in [0.25, 0.3) is 5.91 Å². The minimum Gasteiger partial charge on any atom is -0.375 e. The largest absolute Gasteiger partial charge is 0.419 e. The number of methoxy groups -OCH3 is 1. The number of benzene rings is 3. The summed E-state index contributed by atoms with van der Waals surface area (Å²) in [6.45, 7) is 1.04. The second-order valence-corrected chi connectivity index (χ2v) is 11.4. The number of carbonyl (C=O) groups is 3. The second kappa shape index (κ2) is 12.3. The summed E-state index contributed by atoms with van der Waals surface area (Å²) in [7, 11) is 1.30. The molecule has 0 saturated heterocycles. The van der Waals surface area contributed by atoms with Crippen LogP contribution in [0.25, 0.3) is 0 Å². The van der Waals surface area contributed by atoms with Crippen LogP contribution in [0.15, 0.2) is 48.5 Å². The van der Waals surface area contributed by atoms with Gasteiger partial charge in [0.15, 0.2) is 0 Å². The standard InChI is InChI=1S/C28H21Cl3F5N3O4/c1-12-15(5-8-19(24(12)33)38-21(40)11-43-2)25(41)39-20-10-14(4-6-17(20)29)37-26(42)23-22(27(23,30)31)13-3-7-18(32)16(9-13)28(34,35)36/h3-10,22-23H,11H2,1-2H3,(H,37,42)(H,38,40)(H,39,41). The molecule has 3 aromatic rings. The van der Waals surface area contributed by atoms with Crippen molar-refractivity contribution in [3.8, 4) is 0 Å². The summed E-state index contributed by atoms with van der Waals surface area (Å²) in [5.41, 5.74) is -1.72. The number of carbonyl (C=O) groups excluding carboxylic acids is 3. The van der Waals surface area contributed by atoms with Crippen LogP contribution in [0.1, 0.15) is 33.0 Å². The third-order valence-electron chi connectivity index (χ3n) is 6.65. The molecule has 0 spiro atoms. The summed E-state index contributed by atoms with van der Waals surface area (Å²) in [6, 6.07) is 8.80. The molecule has 2 atom stereocenters. The van der Waals surface area contributed by atoms with E-state index < -0.39 is 57.3 Å². The summed E-state index contributed by atoms with van der Waals surface area (Å²) in [5.74, 6) is -6.67. The van der Waals surface area contributed by atoms with Crippen LogP contribution < -0.4 is 16.0 Å². The molecule has 0 radical (unpaired) electrons. The molecule has 2 unspecified atom stereocenters. The van der Waals surface area contributed by atoms with Crippen molar-refractivity contribution in [2.24, 2.45) is 5.92 Å². The molecule has 228 valence electrons. The molecule has 3 aromatic carbocycles. The topological polar surface area (TPSA) is 96.5 Å². The van der Waals surface area contributed by atoms with Gasteiger partial charge >= 0.3 is 6.18 Å². The van der Waals surface area contributed by atoms with E-state index in [4.69, 9.17) is 39.5 Å². The van der Waals surface area contributed by atoms with Crippen LogP contribution in [-0.2, 0) is 20.5 Å². The molecule has 1 fully saturated rings. The van der Waals surface area contributed by atoms with Gasteiger partial charge in [-0.25, -0.2) is 8.78 Å². The van der Waals surface area contributed by atoms with Crippen LogP contribution in [0.2, 0.25) is 5.02 Å². The predicted molar refractivity (Wildman–Crippen MR) is 152 cm³/mol. The van der Waals surface area contributed by atoms with Crippen LogP contribution in [0.5, 0.6) is 0 Å². The fourth-order valence-corrected chi connectivity index (χ4v) is 5.47. The molecule has 1 aliphatic carbocycles. The Kier molecular flexibility index (Phi) is 9.27. The first-order valence-electron chi connectivity index (χ1n) is 12.3. The highest BCUT2D eigenvalue weighted by Gasteiger charge is 2.67. The van der Waals surface area contributed by atoms with Crippen molar-refractivity contribution in [3.05, 3.63) is 87.4 Å². The maximum atomic E-state index is 14.8.